The van der Waals surface area contributed by atoms with E-state index >= 15 is 0 Å². The lowest BCUT2D eigenvalue weighted by Crippen LogP contribution is -2.60. The number of aliphatic hydroxyl groups is 1. The van der Waals surface area contributed by atoms with Crippen LogP contribution in [0.5, 0.6) is 0 Å². The van der Waals surface area contributed by atoms with Crippen LogP contribution in [0.2, 0.25) is 0 Å². The van der Waals surface area contributed by atoms with E-state index < -0.39 is 51.5 Å². The van der Waals surface area contributed by atoms with Crippen LogP contribution < -0.4 is 5.11 Å². The number of aromatic nitrogens is 4. The predicted molar refractivity (Wildman–Crippen MR) is 171 cm³/mol. The third-order valence-electron chi connectivity index (χ3n) is 9.01. The summed E-state index contributed by atoms with van der Waals surface area (Å²) in [5.41, 5.74) is 1.09. The van der Waals surface area contributed by atoms with Crippen LogP contribution in [0.3, 0.4) is 0 Å². The van der Waals surface area contributed by atoms with Crippen molar-refractivity contribution in [2.75, 3.05) is 7.11 Å². The first kappa shape index (κ1) is 35.3. The molecule has 0 radical (unpaired) electrons. The number of carbonyl (C=O) groups excluding carboxylic acids is 2. The second-order valence-electron chi connectivity index (χ2n) is 12.7. The van der Waals surface area contributed by atoms with Gasteiger partial charge in [0, 0.05) is 31.6 Å². The van der Waals surface area contributed by atoms with E-state index in [9.17, 15) is 29.9 Å². The largest absolute Gasteiger partial charge is 0.540 e. The van der Waals surface area contributed by atoms with E-state index in [1.165, 1.54) is 21.0 Å². The molecule has 2 aliphatic rings. The SMILES string of the molecule is CCCC1=NC(C(C)(C)O)=C(C(=O)[O-])[N+]1(Cc1ccc(-c2ccccc2-c2nnn[nH]2)cc1)C(C)OC(=O)[C@@H]1C[C@H](OC)[C@@H](O[N+](=O)[O-])C1. The zero-order chi connectivity index (χ0) is 35.5. The highest BCUT2D eigenvalue weighted by atomic mass is 17.0. The Hall–Kier alpha value is -5.06. The Bertz CT molecular complexity index is 1750. The van der Waals surface area contributed by atoms with Gasteiger partial charge in [0.2, 0.25) is 12.1 Å². The molecule has 1 aliphatic carbocycles. The molecule has 1 aromatic heterocycles. The number of amidine groups is 1. The molecule has 260 valence electrons. The van der Waals surface area contributed by atoms with Crippen LogP contribution in [0.1, 0.15) is 58.9 Å². The lowest BCUT2D eigenvalue weighted by molar-refractivity contribution is -0.861. The standard InChI is InChI=1S/C33H39N7O9/c1-6-9-27-34-29(33(3,4)44)28(31(41)42)40(27,19(2)48-32(43)22-16-25(47-5)26(17-22)49-39(45)46)18-20-12-14-21(15-13-20)23-10-7-8-11-24(23)30-35-37-38-36-30/h7-8,10-15,19,22,25-26,44H,6,9,16-18H2,1-5H3,(H-,35,36,37,38,41,42)/t19?,22-,25+,26+,40?/m1/s1. The number of quaternary nitrogens is 1. The highest BCUT2D eigenvalue weighted by Gasteiger charge is 2.54. The van der Waals surface area contributed by atoms with E-state index in [-0.39, 0.29) is 30.8 Å². The molecule has 5 rings (SSSR count). The minimum Gasteiger partial charge on any atom is -0.540 e. The topological polar surface area (TPSA) is 215 Å². The second kappa shape index (κ2) is 14.2. The quantitative estimate of drug-likeness (QED) is 0.109. The molecule has 0 amide bonds. The van der Waals surface area contributed by atoms with Gasteiger partial charge in [-0.2, -0.15) is 4.99 Å². The summed E-state index contributed by atoms with van der Waals surface area (Å²) in [5.74, 6) is -2.20. The van der Waals surface area contributed by atoms with Crippen LogP contribution in [-0.4, -0.2) is 84.2 Å². The van der Waals surface area contributed by atoms with Gasteiger partial charge in [-0.05, 0) is 54.7 Å². The summed E-state index contributed by atoms with van der Waals surface area (Å²) in [5, 5.41) is 48.5. The number of rotatable bonds is 14. The highest BCUT2D eigenvalue weighted by molar-refractivity contribution is 5.93. The number of aliphatic carboxylic acids is 1. The van der Waals surface area contributed by atoms with E-state index in [2.05, 4.69) is 25.6 Å². The molecular formula is C33H39N7O9. The molecule has 1 saturated carbocycles. The number of aliphatic imine (C=N–C) groups is 1. The molecular weight excluding hydrogens is 638 g/mol. The summed E-state index contributed by atoms with van der Waals surface area (Å²) >= 11 is 0. The number of esters is 1. The van der Waals surface area contributed by atoms with Gasteiger partial charge in [0.25, 0.3) is 5.09 Å². The average Bonchev–Trinajstić information content (AvgIpc) is 3.80. The van der Waals surface area contributed by atoms with E-state index in [4.69, 9.17) is 14.3 Å². The van der Waals surface area contributed by atoms with Gasteiger partial charge in [0.05, 0.1) is 12.0 Å². The van der Waals surface area contributed by atoms with Crippen LogP contribution in [0.4, 0.5) is 0 Å². The molecule has 16 heteroatoms. The van der Waals surface area contributed by atoms with Crippen molar-refractivity contribution in [3.63, 3.8) is 0 Å². The molecule has 49 heavy (non-hydrogen) atoms. The van der Waals surface area contributed by atoms with Gasteiger partial charge in [-0.25, -0.2) is 9.58 Å². The van der Waals surface area contributed by atoms with Gasteiger partial charge >= 0.3 is 5.97 Å². The van der Waals surface area contributed by atoms with Crippen molar-refractivity contribution in [2.45, 2.75) is 84.0 Å². The van der Waals surface area contributed by atoms with Crippen molar-refractivity contribution >= 4 is 17.8 Å². The van der Waals surface area contributed by atoms with Gasteiger partial charge in [-0.15, -0.1) is 15.2 Å². The van der Waals surface area contributed by atoms with Gasteiger partial charge in [0.1, 0.15) is 29.9 Å². The lowest BCUT2D eigenvalue weighted by atomic mass is 9.97. The first-order valence-electron chi connectivity index (χ1n) is 15.9. The van der Waals surface area contributed by atoms with Gasteiger partial charge < -0.3 is 29.3 Å². The van der Waals surface area contributed by atoms with E-state index in [0.717, 1.165) is 16.7 Å². The van der Waals surface area contributed by atoms with Crippen molar-refractivity contribution in [3.8, 4) is 22.5 Å². The van der Waals surface area contributed by atoms with E-state index in [0.29, 0.717) is 30.1 Å². The van der Waals surface area contributed by atoms with Crippen molar-refractivity contribution in [3.05, 3.63) is 75.6 Å². The molecule has 0 spiro atoms. The Labute approximate surface area is 282 Å². The third-order valence-corrected chi connectivity index (χ3v) is 9.01. The minimum absolute atomic E-state index is 0.0114. The number of carbonyl (C=O) groups is 2. The summed E-state index contributed by atoms with van der Waals surface area (Å²) in [6.45, 7) is 6.34. The van der Waals surface area contributed by atoms with Crippen LogP contribution >= 0.6 is 0 Å². The number of benzene rings is 2. The fraction of sp³-hybridized carbons (Fsp3) is 0.455. The number of carboxylic acid groups (broad SMARTS) is 1. The van der Waals surface area contributed by atoms with Gasteiger partial charge in [-0.1, -0.05) is 55.5 Å². The summed E-state index contributed by atoms with van der Waals surface area (Å²) in [6.07, 6.45) is -1.86. The third kappa shape index (κ3) is 7.06. The Balaban J connectivity index is 1.54. The number of hydrogen-bond donors (Lipinski definition) is 2. The molecule has 0 bridgehead atoms. The fourth-order valence-electron chi connectivity index (χ4n) is 6.71. The van der Waals surface area contributed by atoms with E-state index in [1.807, 2.05) is 55.5 Å². The molecule has 2 N–H and O–H groups in total. The Morgan fingerprint density at radius 1 is 1.12 bits per heavy atom. The molecule has 2 heterocycles. The van der Waals surface area contributed by atoms with Crippen LogP contribution in [-0.2, 0) is 30.4 Å². The van der Waals surface area contributed by atoms with Gasteiger partial charge in [0.15, 0.2) is 11.5 Å². The monoisotopic (exact) mass is 677 g/mol. The zero-order valence-electron chi connectivity index (χ0n) is 27.9. The summed E-state index contributed by atoms with van der Waals surface area (Å²) in [6, 6.07) is 15.0. The van der Waals surface area contributed by atoms with Gasteiger partial charge in [-0.3, -0.25) is 4.79 Å². The average molecular weight is 678 g/mol. The first-order chi connectivity index (χ1) is 23.3. The number of nitrogens with one attached hydrogen (secondary N) is 1. The number of nitrogens with zero attached hydrogens (tertiary/aromatic N) is 6. The van der Waals surface area contributed by atoms with Crippen molar-refractivity contribution in [1.82, 2.24) is 20.6 Å². The predicted octanol–water partition coefficient (Wildman–Crippen LogP) is 2.69. The summed E-state index contributed by atoms with van der Waals surface area (Å²) < 4.78 is 10.8. The Morgan fingerprint density at radius 2 is 1.80 bits per heavy atom. The number of aromatic amines is 1. The van der Waals surface area contributed by atoms with Crippen LogP contribution in [0.25, 0.3) is 22.5 Å². The first-order valence-corrected chi connectivity index (χ1v) is 15.9. The normalized spacial score (nSPS) is 22.9. The maximum absolute atomic E-state index is 13.7. The Kier molecular flexibility index (Phi) is 10.2. The maximum atomic E-state index is 13.7. The lowest BCUT2D eigenvalue weighted by Gasteiger charge is -2.41. The highest BCUT2D eigenvalue weighted by Crippen LogP contribution is 2.42. The Morgan fingerprint density at radius 3 is 2.37 bits per heavy atom. The molecule has 2 aromatic carbocycles. The number of ether oxygens (including phenoxy) is 2. The zero-order valence-corrected chi connectivity index (χ0v) is 27.9. The van der Waals surface area contributed by atoms with Crippen LogP contribution in [0.15, 0.2) is 64.9 Å². The fourth-order valence-corrected chi connectivity index (χ4v) is 6.71. The number of hydrogen-bond acceptors (Lipinski definition) is 13. The molecule has 1 fully saturated rings. The van der Waals surface area contributed by atoms with Crippen molar-refractivity contribution in [2.24, 2.45) is 10.9 Å². The smallest absolute Gasteiger partial charge is 0.313 e. The number of H-pyrrole nitrogens is 1. The number of methoxy groups -OCH3 is 1. The number of tetrazole rings is 1. The minimum atomic E-state index is -1.68. The summed E-state index contributed by atoms with van der Waals surface area (Å²) in [7, 11) is 1.37. The molecule has 0 saturated heterocycles. The molecule has 1 aliphatic heterocycles. The second-order valence-corrected chi connectivity index (χ2v) is 12.7. The molecule has 16 nitrogen and oxygen atoms in total. The molecule has 5 atom stereocenters. The van der Waals surface area contributed by atoms with E-state index in [1.54, 1.807) is 6.92 Å². The summed E-state index contributed by atoms with van der Waals surface area (Å²) in [4.78, 5) is 47.2. The number of carboxylic acids is 1. The van der Waals surface area contributed by atoms with Crippen molar-refractivity contribution in [1.29, 1.82) is 0 Å². The molecule has 3 aromatic rings. The maximum Gasteiger partial charge on any atom is 0.313 e. The van der Waals surface area contributed by atoms with Crippen molar-refractivity contribution < 1.29 is 43.7 Å². The van der Waals surface area contributed by atoms with Crippen LogP contribution in [0, 0.1) is 16.0 Å². The molecule has 2 unspecified atom stereocenters.